The summed E-state index contributed by atoms with van der Waals surface area (Å²) in [4.78, 5) is 23.4. The van der Waals surface area contributed by atoms with Crippen LogP contribution in [0.3, 0.4) is 0 Å². The standard InChI is InChI=1S/C17H17FN2O5S/c18-14-5-3-13(4-6-14)17(22)25-11-16(21)20-10-9-12-1-7-15(8-2-12)26(19,23)24/h1-8H,9-11H2,(H,20,21)(H2,19,23,24). The summed E-state index contributed by atoms with van der Waals surface area (Å²) in [6, 6.07) is 10.7. The van der Waals surface area contributed by atoms with E-state index < -0.39 is 34.3 Å². The average Bonchev–Trinajstić information content (AvgIpc) is 2.60. The van der Waals surface area contributed by atoms with Gasteiger partial charge in [-0.1, -0.05) is 12.1 Å². The molecular formula is C17H17FN2O5S. The van der Waals surface area contributed by atoms with Gasteiger partial charge in [0.1, 0.15) is 5.82 Å². The second-order valence-corrected chi connectivity index (χ2v) is 6.93. The molecule has 2 rings (SSSR count). The summed E-state index contributed by atoms with van der Waals surface area (Å²) in [7, 11) is -3.73. The van der Waals surface area contributed by atoms with Crippen molar-refractivity contribution in [3.63, 3.8) is 0 Å². The molecule has 7 nitrogen and oxygen atoms in total. The van der Waals surface area contributed by atoms with Crippen LogP contribution in [-0.2, 0) is 26.0 Å². The summed E-state index contributed by atoms with van der Waals surface area (Å²) in [5, 5.41) is 7.58. The number of hydrogen-bond acceptors (Lipinski definition) is 5. The molecule has 2 aromatic rings. The van der Waals surface area contributed by atoms with Crippen molar-refractivity contribution in [1.29, 1.82) is 0 Å². The zero-order valence-corrected chi connectivity index (χ0v) is 14.5. The molecule has 26 heavy (non-hydrogen) atoms. The van der Waals surface area contributed by atoms with Gasteiger partial charge >= 0.3 is 5.97 Å². The third-order valence-electron chi connectivity index (χ3n) is 3.40. The normalized spacial score (nSPS) is 11.0. The smallest absolute Gasteiger partial charge is 0.338 e. The number of sulfonamides is 1. The molecule has 0 aromatic heterocycles. The topological polar surface area (TPSA) is 116 Å². The third-order valence-corrected chi connectivity index (χ3v) is 4.33. The van der Waals surface area contributed by atoms with Crippen LogP contribution in [0.25, 0.3) is 0 Å². The predicted molar refractivity (Wildman–Crippen MR) is 91.2 cm³/mol. The third kappa shape index (κ3) is 5.94. The van der Waals surface area contributed by atoms with Crippen LogP contribution in [0.2, 0.25) is 0 Å². The SMILES string of the molecule is NS(=O)(=O)c1ccc(CCNC(=O)COC(=O)c2ccc(F)cc2)cc1. The van der Waals surface area contributed by atoms with E-state index in [4.69, 9.17) is 9.88 Å². The largest absolute Gasteiger partial charge is 0.452 e. The molecule has 0 spiro atoms. The molecule has 0 heterocycles. The van der Waals surface area contributed by atoms with Crippen LogP contribution in [0.5, 0.6) is 0 Å². The molecule has 0 aliphatic rings. The molecule has 2 aromatic carbocycles. The van der Waals surface area contributed by atoms with Gasteiger partial charge in [0.05, 0.1) is 10.5 Å². The summed E-state index contributed by atoms with van der Waals surface area (Å²) >= 11 is 0. The number of ether oxygens (including phenoxy) is 1. The van der Waals surface area contributed by atoms with Crippen molar-refractivity contribution >= 4 is 21.9 Å². The second-order valence-electron chi connectivity index (χ2n) is 5.37. The molecule has 0 saturated carbocycles. The Kier molecular flexibility index (Phi) is 6.42. The number of hydrogen-bond donors (Lipinski definition) is 2. The summed E-state index contributed by atoms with van der Waals surface area (Å²) in [6.07, 6.45) is 0.461. The lowest BCUT2D eigenvalue weighted by atomic mass is 10.1. The van der Waals surface area contributed by atoms with Gasteiger partial charge in [0.15, 0.2) is 6.61 Å². The Labute approximate surface area is 150 Å². The highest BCUT2D eigenvalue weighted by Gasteiger charge is 2.10. The van der Waals surface area contributed by atoms with E-state index in [-0.39, 0.29) is 17.0 Å². The lowest BCUT2D eigenvalue weighted by Gasteiger charge is -2.07. The zero-order chi connectivity index (χ0) is 19.2. The summed E-state index contributed by atoms with van der Waals surface area (Å²) in [6.45, 7) is -0.178. The van der Waals surface area contributed by atoms with E-state index in [1.165, 1.54) is 24.3 Å². The first-order valence-corrected chi connectivity index (χ1v) is 9.11. The first-order valence-electron chi connectivity index (χ1n) is 7.57. The predicted octanol–water partition coefficient (Wildman–Crippen LogP) is 0.989. The lowest BCUT2D eigenvalue weighted by Crippen LogP contribution is -2.30. The molecule has 138 valence electrons. The van der Waals surface area contributed by atoms with Gasteiger partial charge in [-0.05, 0) is 48.4 Å². The van der Waals surface area contributed by atoms with Crippen LogP contribution < -0.4 is 10.5 Å². The van der Waals surface area contributed by atoms with Crippen molar-refractivity contribution in [1.82, 2.24) is 5.32 Å². The highest BCUT2D eigenvalue weighted by molar-refractivity contribution is 7.89. The minimum Gasteiger partial charge on any atom is -0.452 e. The second kappa shape index (κ2) is 8.54. The molecule has 1 amide bonds. The van der Waals surface area contributed by atoms with Crippen molar-refractivity contribution in [2.24, 2.45) is 5.14 Å². The summed E-state index contributed by atoms with van der Waals surface area (Å²) < 4.78 is 39.9. The van der Waals surface area contributed by atoms with Crippen LogP contribution >= 0.6 is 0 Å². The fourth-order valence-corrected chi connectivity index (χ4v) is 2.56. The molecule has 9 heteroatoms. The van der Waals surface area contributed by atoms with E-state index in [9.17, 15) is 22.4 Å². The van der Waals surface area contributed by atoms with Crippen molar-refractivity contribution in [2.75, 3.05) is 13.2 Å². The van der Waals surface area contributed by atoms with E-state index in [2.05, 4.69) is 5.32 Å². The fourth-order valence-electron chi connectivity index (χ4n) is 2.04. The zero-order valence-electron chi connectivity index (χ0n) is 13.6. The van der Waals surface area contributed by atoms with E-state index in [0.717, 1.165) is 17.7 Å². The molecule has 0 radical (unpaired) electrons. The maximum atomic E-state index is 12.8. The molecule has 0 aliphatic heterocycles. The van der Waals surface area contributed by atoms with Crippen LogP contribution in [0.4, 0.5) is 4.39 Å². The van der Waals surface area contributed by atoms with Crippen molar-refractivity contribution in [3.05, 3.63) is 65.5 Å². The van der Waals surface area contributed by atoms with Gasteiger partial charge in [0.25, 0.3) is 5.91 Å². The Hall–Kier alpha value is -2.78. The Morgan fingerprint density at radius 3 is 2.23 bits per heavy atom. The van der Waals surface area contributed by atoms with Crippen molar-refractivity contribution < 1.29 is 27.1 Å². The number of carbonyl (C=O) groups is 2. The Balaban J connectivity index is 1.73. The van der Waals surface area contributed by atoms with Gasteiger partial charge < -0.3 is 10.1 Å². The van der Waals surface area contributed by atoms with Gasteiger partial charge in [0, 0.05) is 6.54 Å². The van der Waals surface area contributed by atoms with Crippen molar-refractivity contribution in [2.45, 2.75) is 11.3 Å². The highest BCUT2D eigenvalue weighted by atomic mass is 32.2. The number of halogens is 1. The van der Waals surface area contributed by atoms with Gasteiger partial charge in [-0.15, -0.1) is 0 Å². The number of carbonyl (C=O) groups excluding carboxylic acids is 2. The number of nitrogens with two attached hydrogens (primary N) is 1. The molecule has 0 atom stereocenters. The van der Waals surface area contributed by atoms with E-state index in [0.29, 0.717) is 6.42 Å². The monoisotopic (exact) mass is 380 g/mol. The minimum absolute atomic E-state index is 0.0120. The number of primary sulfonamides is 1. The molecule has 0 saturated heterocycles. The Morgan fingerprint density at radius 2 is 1.65 bits per heavy atom. The number of rotatable bonds is 7. The maximum Gasteiger partial charge on any atom is 0.338 e. The molecule has 0 unspecified atom stereocenters. The summed E-state index contributed by atoms with van der Waals surface area (Å²) in [5.41, 5.74) is 0.954. The summed E-state index contributed by atoms with van der Waals surface area (Å²) in [5.74, 6) is -1.68. The van der Waals surface area contributed by atoms with Gasteiger partial charge in [-0.2, -0.15) is 0 Å². The molecule has 3 N–H and O–H groups in total. The van der Waals surface area contributed by atoms with E-state index in [1.807, 2.05) is 0 Å². The van der Waals surface area contributed by atoms with Crippen LogP contribution in [0, 0.1) is 5.82 Å². The van der Waals surface area contributed by atoms with Gasteiger partial charge in [-0.3, -0.25) is 4.79 Å². The van der Waals surface area contributed by atoms with Gasteiger partial charge in [-0.25, -0.2) is 22.7 Å². The fraction of sp³-hybridized carbons (Fsp3) is 0.176. The van der Waals surface area contributed by atoms with Crippen molar-refractivity contribution in [3.8, 4) is 0 Å². The molecule has 0 aliphatic carbocycles. The van der Waals surface area contributed by atoms with Crippen LogP contribution in [0.1, 0.15) is 15.9 Å². The number of esters is 1. The van der Waals surface area contributed by atoms with E-state index >= 15 is 0 Å². The maximum absolute atomic E-state index is 12.8. The molecule has 0 bridgehead atoms. The number of nitrogens with one attached hydrogen (secondary N) is 1. The van der Waals surface area contributed by atoms with Gasteiger partial charge in [0.2, 0.25) is 10.0 Å². The number of benzene rings is 2. The van der Waals surface area contributed by atoms with Crippen LogP contribution in [0.15, 0.2) is 53.4 Å². The van der Waals surface area contributed by atoms with E-state index in [1.54, 1.807) is 12.1 Å². The molecular weight excluding hydrogens is 363 g/mol. The molecule has 0 fully saturated rings. The highest BCUT2D eigenvalue weighted by Crippen LogP contribution is 2.09. The lowest BCUT2D eigenvalue weighted by molar-refractivity contribution is -0.124. The average molecular weight is 380 g/mol. The Bertz CT molecular complexity index is 880. The van der Waals surface area contributed by atoms with Crippen LogP contribution in [-0.4, -0.2) is 33.4 Å². The first-order chi connectivity index (χ1) is 12.3. The minimum atomic E-state index is -3.73. The number of amides is 1. The Morgan fingerprint density at radius 1 is 1.04 bits per heavy atom. The first kappa shape index (κ1) is 19.5. The quantitative estimate of drug-likeness (QED) is 0.695.